The van der Waals surface area contributed by atoms with Crippen molar-refractivity contribution in [2.45, 2.75) is 70.8 Å². The molecule has 0 spiro atoms. The van der Waals surface area contributed by atoms with Gasteiger partial charge >= 0.3 is 5.97 Å². The third-order valence-corrected chi connectivity index (χ3v) is 5.01. The SMILES string of the molecule is CC1(C)CCCC1C(=O)NC1(CC(=O)O)CCCC1. The summed E-state index contributed by atoms with van der Waals surface area (Å²) >= 11 is 0. The van der Waals surface area contributed by atoms with Crippen LogP contribution in [0.4, 0.5) is 0 Å². The number of aliphatic carboxylic acids is 1. The van der Waals surface area contributed by atoms with Crippen molar-refractivity contribution in [2.75, 3.05) is 0 Å². The highest BCUT2D eigenvalue weighted by Crippen LogP contribution is 2.43. The molecule has 2 N–H and O–H groups in total. The first-order valence-corrected chi connectivity index (χ1v) is 7.39. The van der Waals surface area contributed by atoms with E-state index >= 15 is 0 Å². The molecule has 108 valence electrons. The summed E-state index contributed by atoms with van der Waals surface area (Å²) in [5.41, 5.74) is -0.436. The number of carboxylic acid groups (broad SMARTS) is 1. The minimum absolute atomic E-state index is 0.0405. The number of hydrogen-bond donors (Lipinski definition) is 2. The summed E-state index contributed by atoms with van der Waals surface area (Å²) in [5, 5.41) is 12.2. The van der Waals surface area contributed by atoms with Crippen molar-refractivity contribution in [2.24, 2.45) is 11.3 Å². The molecule has 2 rings (SSSR count). The molecule has 0 bridgehead atoms. The lowest BCUT2D eigenvalue weighted by Crippen LogP contribution is -2.51. The van der Waals surface area contributed by atoms with Gasteiger partial charge in [-0.25, -0.2) is 0 Å². The molecule has 2 aliphatic carbocycles. The molecule has 0 aromatic heterocycles. The molecule has 2 aliphatic rings. The van der Waals surface area contributed by atoms with Gasteiger partial charge in [-0.3, -0.25) is 9.59 Å². The Hall–Kier alpha value is -1.06. The normalized spacial score (nSPS) is 28.2. The maximum Gasteiger partial charge on any atom is 0.305 e. The zero-order chi connectivity index (χ0) is 14.1. The first-order valence-electron chi connectivity index (χ1n) is 7.39. The quantitative estimate of drug-likeness (QED) is 0.823. The molecule has 2 saturated carbocycles. The average molecular weight is 267 g/mol. The van der Waals surface area contributed by atoms with Crippen molar-refractivity contribution in [3.05, 3.63) is 0 Å². The fourth-order valence-corrected chi connectivity index (χ4v) is 3.85. The summed E-state index contributed by atoms with van der Waals surface area (Å²) in [5.74, 6) is -0.697. The average Bonchev–Trinajstić information content (AvgIpc) is 2.84. The molecule has 1 atom stereocenters. The van der Waals surface area contributed by atoms with Crippen LogP contribution in [0.3, 0.4) is 0 Å². The first-order chi connectivity index (χ1) is 8.85. The lowest BCUT2D eigenvalue weighted by atomic mass is 9.80. The van der Waals surface area contributed by atoms with Crippen molar-refractivity contribution in [3.8, 4) is 0 Å². The van der Waals surface area contributed by atoms with E-state index in [0.29, 0.717) is 0 Å². The van der Waals surface area contributed by atoms with E-state index in [2.05, 4.69) is 19.2 Å². The van der Waals surface area contributed by atoms with E-state index in [1.165, 1.54) is 0 Å². The molecule has 1 amide bonds. The molecule has 0 saturated heterocycles. The van der Waals surface area contributed by atoms with Crippen molar-refractivity contribution in [3.63, 3.8) is 0 Å². The largest absolute Gasteiger partial charge is 0.481 e. The first kappa shape index (κ1) is 14.4. The predicted octanol–water partition coefficient (Wildman–Crippen LogP) is 2.72. The maximum absolute atomic E-state index is 12.5. The van der Waals surface area contributed by atoms with Gasteiger partial charge in [-0.1, -0.05) is 33.1 Å². The fraction of sp³-hybridized carbons (Fsp3) is 0.867. The van der Waals surface area contributed by atoms with Crippen LogP contribution in [0.2, 0.25) is 0 Å². The second-order valence-electron chi connectivity index (χ2n) is 6.98. The van der Waals surface area contributed by atoms with E-state index in [4.69, 9.17) is 5.11 Å². The van der Waals surface area contributed by atoms with Crippen LogP contribution < -0.4 is 5.32 Å². The van der Waals surface area contributed by atoms with Crippen molar-refractivity contribution < 1.29 is 14.7 Å². The standard InChI is InChI=1S/C15H25NO3/c1-14(2)7-5-6-11(14)13(19)16-15(10-12(17)18)8-3-4-9-15/h11H,3-10H2,1-2H3,(H,16,19)(H,17,18). The van der Waals surface area contributed by atoms with Gasteiger partial charge in [0, 0.05) is 5.92 Å². The second kappa shape index (κ2) is 5.14. The summed E-state index contributed by atoms with van der Waals surface area (Å²) in [6, 6.07) is 0. The van der Waals surface area contributed by atoms with E-state index in [1.807, 2.05) is 0 Å². The van der Waals surface area contributed by atoms with E-state index < -0.39 is 11.5 Å². The zero-order valence-corrected chi connectivity index (χ0v) is 12.0. The number of nitrogens with one attached hydrogen (secondary N) is 1. The molecule has 0 heterocycles. The van der Waals surface area contributed by atoms with E-state index in [-0.39, 0.29) is 23.7 Å². The van der Waals surface area contributed by atoms with E-state index in [1.54, 1.807) is 0 Å². The highest BCUT2D eigenvalue weighted by Gasteiger charge is 2.44. The van der Waals surface area contributed by atoms with Gasteiger partial charge < -0.3 is 10.4 Å². The molecule has 1 unspecified atom stereocenters. The van der Waals surface area contributed by atoms with Crippen LogP contribution in [-0.2, 0) is 9.59 Å². The fourth-order valence-electron chi connectivity index (χ4n) is 3.85. The smallest absolute Gasteiger partial charge is 0.305 e. The molecule has 0 aromatic rings. The lowest BCUT2D eigenvalue weighted by molar-refractivity contribution is -0.139. The van der Waals surface area contributed by atoms with Crippen LogP contribution in [-0.4, -0.2) is 22.5 Å². The Kier molecular flexibility index (Phi) is 3.88. The molecular formula is C15H25NO3. The van der Waals surface area contributed by atoms with Gasteiger partial charge in [0.1, 0.15) is 0 Å². The summed E-state index contributed by atoms with van der Waals surface area (Å²) in [4.78, 5) is 23.5. The van der Waals surface area contributed by atoms with Crippen molar-refractivity contribution in [1.29, 1.82) is 0 Å². The summed E-state index contributed by atoms with van der Waals surface area (Å²) in [7, 11) is 0. The Bertz CT molecular complexity index is 370. The third kappa shape index (κ3) is 3.10. The molecule has 0 aromatic carbocycles. The monoisotopic (exact) mass is 267 g/mol. The molecule has 2 fully saturated rings. The van der Waals surface area contributed by atoms with Gasteiger partial charge in [0.05, 0.1) is 12.0 Å². The Morgan fingerprint density at radius 2 is 1.79 bits per heavy atom. The molecule has 4 heteroatoms. The van der Waals surface area contributed by atoms with Gasteiger partial charge in [-0.2, -0.15) is 0 Å². The Balaban J connectivity index is 2.05. The van der Waals surface area contributed by atoms with Crippen LogP contribution in [0.5, 0.6) is 0 Å². The maximum atomic E-state index is 12.5. The van der Waals surface area contributed by atoms with Gasteiger partial charge in [0.25, 0.3) is 0 Å². The highest BCUT2D eigenvalue weighted by atomic mass is 16.4. The van der Waals surface area contributed by atoms with Crippen LogP contribution >= 0.6 is 0 Å². The van der Waals surface area contributed by atoms with Crippen LogP contribution in [0, 0.1) is 11.3 Å². The molecular weight excluding hydrogens is 242 g/mol. The Labute approximate surface area is 115 Å². The predicted molar refractivity (Wildman–Crippen MR) is 72.7 cm³/mol. The Morgan fingerprint density at radius 3 is 2.26 bits per heavy atom. The zero-order valence-electron chi connectivity index (χ0n) is 12.0. The highest BCUT2D eigenvalue weighted by molar-refractivity contribution is 5.81. The number of rotatable bonds is 4. The van der Waals surface area contributed by atoms with Crippen molar-refractivity contribution in [1.82, 2.24) is 5.32 Å². The number of carboxylic acids is 1. The van der Waals surface area contributed by atoms with Crippen LogP contribution in [0.15, 0.2) is 0 Å². The minimum atomic E-state index is -0.812. The summed E-state index contributed by atoms with van der Waals surface area (Å²) in [6.07, 6.45) is 6.81. The molecule has 4 nitrogen and oxygen atoms in total. The third-order valence-electron chi connectivity index (χ3n) is 5.01. The topological polar surface area (TPSA) is 66.4 Å². The summed E-state index contributed by atoms with van der Waals surface area (Å²) < 4.78 is 0. The minimum Gasteiger partial charge on any atom is -0.481 e. The van der Waals surface area contributed by atoms with E-state index in [0.717, 1.165) is 44.9 Å². The number of carbonyl (C=O) groups excluding carboxylic acids is 1. The number of carbonyl (C=O) groups is 2. The van der Waals surface area contributed by atoms with Gasteiger partial charge in [-0.05, 0) is 31.1 Å². The molecule has 19 heavy (non-hydrogen) atoms. The number of amides is 1. The van der Waals surface area contributed by atoms with Crippen molar-refractivity contribution >= 4 is 11.9 Å². The van der Waals surface area contributed by atoms with Crippen LogP contribution in [0.1, 0.15) is 65.2 Å². The Morgan fingerprint density at radius 1 is 1.16 bits per heavy atom. The van der Waals surface area contributed by atoms with E-state index in [9.17, 15) is 9.59 Å². The second-order valence-corrected chi connectivity index (χ2v) is 6.98. The van der Waals surface area contributed by atoms with Gasteiger partial charge in [-0.15, -0.1) is 0 Å². The lowest BCUT2D eigenvalue weighted by Gasteiger charge is -2.33. The molecule has 0 radical (unpaired) electrons. The van der Waals surface area contributed by atoms with Crippen LogP contribution in [0.25, 0.3) is 0 Å². The van der Waals surface area contributed by atoms with Gasteiger partial charge in [0.2, 0.25) is 5.91 Å². The van der Waals surface area contributed by atoms with Gasteiger partial charge in [0.15, 0.2) is 0 Å². The summed E-state index contributed by atoms with van der Waals surface area (Å²) in [6.45, 7) is 4.28. The number of hydrogen-bond acceptors (Lipinski definition) is 2. The molecule has 0 aliphatic heterocycles.